The Morgan fingerprint density at radius 1 is 1.18 bits per heavy atom. The number of ketones is 1. The number of benzene rings is 1. The Morgan fingerprint density at radius 3 is 2.64 bits per heavy atom. The number of thiophene rings is 1. The van der Waals surface area contributed by atoms with E-state index in [0.717, 1.165) is 29.0 Å². The number of Topliss-reactive ketones (excluding diaryl/α,β-unsaturated/α-hetero) is 1. The highest BCUT2D eigenvalue weighted by Crippen LogP contribution is 2.47. The van der Waals surface area contributed by atoms with Crippen LogP contribution in [0.2, 0.25) is 0 Å². The fourth-order valence-corrected chi connectivity index (χ4v) is 5.07. The number of aliphatic imine (C=N–C) groups is 1. The Balaban J connectivity index is 1.77. The quantitative estimate of drug-likeness (QED) is 0.695. The molecule has 2 aromatic rings. The predicted molar refractivity (Wildman–Crippen MR) is 111 cm³/mol. The van der Waals surface area contributed by atoms with Gasteiger partial charge >= 0.3 is 5.97 Å². The highest BCUT2D eigenvalue weighted by Gasteiger charge is 2.44. The lowest BCUT2D eigenvalue weighted by Crippen LogP contribution is -2.38. The lowest BCUT2D eigenvalue weighted by atomic mass is 9.70. The monoisotopic (exact) mass is 393 g/mol. The van der Waals surface area contributed by atoms with Gasteiger partial charge in [-0.3, -0.25) is 14.6 Å². The number of esters is 1. The Bertz CT molecular complexity index is 943. The first-order valence-electron chi connectivity index (χ1n) is 9.65. The topological polar surface area (TPSA) is 55.7 Å². The highest BCUT2D eigenvalue weighted by molar-refractivity contribution is 7.08. The second kappa shape index (κ2) is 7.84. The normalized spacial score (nSPS) is 24.6. The number of ether oxygens (including phenoxy) is 1. The number of carbonyl (C=O) groups excluding carboxylic acids is 2. The third kappa shape index (κ3) is 3.35. The van der Waals surface area contributed by atoms with Gasteiger partial charge in [0.25, 0.3) is 0 Å². The molecule has 144 valence electrons. The summed E-state index contributed by atoms with van der Waals surface area (Å²) in [5.74, 6) is -0.917. The SMILES string of the molecule is CCOC(=O)C1C(C)=NC2=C(C(=O)C[C@@H](c3ccccc3)C2)[C@H]1c1ccsc1. The van der Waals surface area contributed by atoms with Crippen molar-refractivity contribution in [3.05, 3.63) is 69.6 Å². The number of hydrogen-bond acceptors (Lipinski definition) is 5. The Morgan fingerprint density at radius 2 is 1.96 bits per heavy atom. The van der Waals surface area contributed by atoms with E-state index >= 15 is 0 Å². The van der Waals surface area contributed by atoms with E-state index in [4.69, 9.17) is 9.73 Å². The minimum Gasteiger partial charge on any atom is -0.465 e. The van der Waals surface area contributed by atoms with Gasteiger partial charge in [0.05, 0.1) is 6.61 Å². The molecule has 0 saturated carbocycles. The van der Waals surface area contributed by atoms with E-state index in [1.54, 1.807) is 18.3 Å². The van der Waals surface area contributed by atoms with E-state index in [2.05, 4.69) is 12.1 Å². The van der Waals surface area contributed by atoms with Crippen LogP contribution in [-0.2, 0) is 14.3 Å². The molecule has 0 amide bonds. The molecule has 0 spiro atoms. The molecule has 5 heteroatoms. The molecule has 1 aromatic carbocycles. The third-order valence-electron chi connectivity index (χ3n) is 5.60. The summed E-state index contributed by atoms with van der Waals surface area (Å²) in [6.45, 7) is 3.99. The minimum atomic E-state index is -0.537. The van der Waals surface area contributed by atoms with Crippen LogP contribution in [0.4, 0.5) is 0 Å². The predicted octanol–water partition coefficient (Wildman–Crippen LogP) is 4.89. The molecule has 3 atom stereocenters. The molecule has 2 heterocycles. The second-order valence-electron chi connectivity index (χ2n) is 7.32. The van der Waals surface area contributed by atoms with Crippen molar-refractivity contribution in [2.45, 2.75) is 38.5 Å². The van der Waals surface area contributed by atoms with Gasteiger partial charge in [-0.15, -0.1) is 0 Å². The van der Waals surface area contributed by atoms with Crippen LogP contribution in [0.15, 0.2) is 63.4 Å². The molecule has 0 saturated heterocycles. The van der Waals surface area contributed by atoms with Crippen molar-refractivity contribution in [3.8, 4) is 0 Å². The molecule has 4 nitrogen and oxygen atoms in total. The van der Waals surface area contributed by atoms with Gasteiger partial charge < -0.3 is 4.74 Å². The second-order valence-corrected chi connectivity index (χ2v) is 8.10. The van der Waals surface area contributed by atoms with Crippen LogP contribution in [-0.4, -0.2) is 24.1 Å². The van der Waals surface area contributed by atoms with Gasteiger partial charge in [-0.2, -0.15) is 11.3 Å². The summed E-state index contributed by atoms with van der Waals surface area (Å²) < 4.78 is 5.34. The molecular formula is C23H23NO3S. The molecule has 0 bridgehead atoms. The first-order chi connectivity index (χ1) is 13.6. The largest absolute Gasteiger partial charge is 0.465 e. The van der Waals surface area contributed by atoms with Crippen LogP contribution in [0.1, 0.15) is 49.7 Å². The van der Waals surface area contributed by atoms with Crippen molar-refractivity contribution in [2.24, 2.45) is 10.9 Å². The Labute approximate surface area is 169 Å². The maximum Gasteiger partial charge on any atom is 0.315 e. The number of nitrogens with zero attached hydrogens (tertiary/aromatic N) is 1. The molecule has 1 aliphatic carbocycles. The molecule has 1 aromatic heterocycles. The fourth-order valence-electron chi connectivity index (χ4n) is 4.37. The summed E-state index contributed by atoms with van der Waals surface area (Å²) >= 11 is 1.57. The van der Waals surface area contributed by atoms with Crippen molar-refractivity contribution in [3.63, 3.8) is 0 Å². The van der Waals surface area contributed by atoms with Gasteiger partial charge in [0, 0.05) is 29.3 Å². The number of carbonyl (C=O) groups is 2. The van der Waals surface area contributed by atoms with E-state index in [1.165, 1.54) is 0 Å². The van der Waals surface area contributed by atoms with Crippen LogP contribution in [0.5, 0.6) is 0 Å². The average molecular weight is 394 g/mol. The van der Waals surface area contributed by atoms with E-state index in [0.29, 0.717) is 18.6 Å². The first-order valence-corrected chi connectivity index (χ1v) is 10.6. The van der Waals surface area contributed by atoms with E-state index < -0.39 is 5.92 Å². The maximum absolute atomic E-state index is 13.3. The highest BCUT2D eigenvalue weighted by atomic mass is 32.1. The molecule has 1 aliphatic heterocycles. The first kappa shape index (κ1) is 18.8. The van der Waals surface area contributed by atoms with Gasteiger partial charge in [-0.25, -0.2) is 0 Å². The molecule has 0 radical (unpaired) electrons. The van der Waals surface area contributed by atoms with E-state index in [1.807, 2.05) is 41.9 Å². The van der Waals surface area contributed by atoms with E-state index in [9.17, 15) is 9.59 Å². The average Bonchev–Trinajstić information content (AvgIpc) is 3.22. The maximum atomic E-state index is 13.3. The molecule has 0 fully saturated rings. The van der Waals surface area contributed by atoms with Crippen LogP contribution < -0.4 is 0 Å². The zero-order valence-electron chi connectivity index (χ0n) is 16.1. The third-order valence-corrected chi connectivity index (χ3v) is 6.30. The smallest absolute Gasteiger partial charge is 0.315 e. The van der Waals surface area contributed by atoms with E-state index in [-0.39, 0.29) is 23.6 Å². The summed E-state index contributed by atoms with van der Waals surface area (Å²) in [5, 5.41) is 4.01. The minimum absolute atomic E-state index is 0.0943. The summed E-state index contributed by atoms with van der Waals surface area (Å²) in [6.07, 6.45) is 1.17. The molecule has 0 N–H and O–H groups in total. The van der Waals surface area contributed by atoms with Crippen LogP contribution >= 0.6 is 11.3 Å². The summed E-state index contributed by atoms with van der Waals surface area (Å²) in [5.41, 5.74) is 4.43. The molecular weight excluding hydrogens is 370 g/mol. The van der Waals surface area contributed by atoms with Crippen molar-refractivity contribution >= 4 is 28.8 Å². The zero-order chi connectivity index (χ0) is 19.7. The van der Waals surface area contributed by atoms with Crippen molar-refractivity contribution < 1.29 is 14.3 Å². The molecule has 4 rings (SSSR count). The summed E-state index contributed by atoms with van der Waals surface area (Å²) in [7, 11) is 0. The van der Waals surface area contributed by atoms with Gasteiger partial charge in [0.2, 0.25) is 0 Å². The van der Waals surface area contributed by atoms with Crippen LogP contribution in [0.3, 0.4) is 0 Å². The summed E-state index contributed by atoms with van der Waals surface area (Å²) in [6, 6.07) is 12.1. The van der Waals surface area contributed by atoms with Gasteiger partial charge in [-0.1, -0.05) is 30.3 Å². The number of hydrogen-bond donors (Lipinski definition) is 0. The van der Waals surface area contributed by atoms with Gasteiger partial charge in [0.1, 0.15) is 5.92 Å². The lowest BCUT2D eigenvalue weighted by Gasteiger charge is -2.36. The van der Waals surface area contributed by atoms with Crippen LogP contribution in [0.25, 0.3) is 0 Å². The van der Waals surface area contributed by atoms with Gasteiger partial charge in [0.15, 0.2) is 5.78 Å². The fraction of sp³-hybridized carbons (Fsp3) is 0.348. The Kier molecular flexibility index (Phi) is 5.27. The van der Waals surface area contributed by atoms with Crippen molar-refractivity contribution in [1.82, 2.24) is 0 Å². The van der Waals surface area contributed by atoms with Crippen molar-refractivity contribution in [2.75, 3.05) is 6.61 Å². The zero-order valence-corrected chi connectivity index (χ0v) is 16.9. The number of rotatable bonds is 4. The van der Waals surface area contributed by atoms with Crippen molar-refractivity contribution in [1.29, 1.82) is 0 Å². The summed E-state index contributed by atoms with van der Waals surface area (Å²) in [4.78, 5) is 30.8. The molecule has 2 aliphatic rings. The Hall–Kier alpha value is -2.53. The molecule has 1 unspecified atom stereocenters. The van der Waals surface area contributed by atoms with Gasteiger partial charge in [-0.05, 0) is 54.1 Å². The lowest BCUT2D eigenvalue weighted by molar-refractivity contribution is -0.146. The number of allylic oxidation sites excluding steroid dienone is 2. The standard InChI is InChI=1S/C23H23NO3S/c1-3-27-23(26)20-14(2)24-18-11-17(15-7-5-4-6-8-15)12-19(25)22(18)21(20)16-9-10-28-13-16/h4-10,13,17,20-21H,3,11-12H2,1-2H3/t17-,20?,21-/m0/s1. The van der Waals surface area contributed by atoms with Crippen LogP contribution in [0, 0.1) is 5.92 Å². The molecule has 28 heavy (non-hydrogen) atoms.